The van der Waals surface area contributed by atoms with Crippen molar-refractivity contribution in [3.63, 3.8) is 0 Å². The van der Waals surface area contributed by atoms with E-state index in [1.54, 1.807) is 0 Å². The standard InChI is InChI=1S/C13H10BrF4N3/c1-2-3-9-19-8(14)5-10(20-9)21-13-11(17)6(15)4-7(16)12(13)18/h4-5H,2-3H2,1H3,(H,19,20,21). The van der Waals surface area contributed by atoms with E-state index in [2.05, 4.69) is 31.2 Å². The molecule has 2 aromatic rings. The third-order valence-electron chi connectivity index (χ3n) is 2.58. The Bertz CT molecular complexity index is 653. The van der Waals surface area contributed by atoms with Crippen molar-refractivity contribution in [3.8, 4) is 0 Å². The van der Waals surface area contributed by atoms with Crippen molar-refractivity contribution >= 4 is 27.4 Å². The largest absolute Gasteiger partial charge is 0.335 e. The van der Waals surface area contributed by atoms with E-state index in [1.807, 2.05) is 6.92 Å². The number of benzene rings is 1. The molecule has 0 saturated heterocycles. The molecule has 0 aliphatic rings. The SMILES string of the molecule is CCCc1nc(Br)cc(Nc2c(F)c(F)cc(F)c2F)n1. The molecule has 8 heteroatoms. The quantitative estimate of drug-likeness (QED) is 0.494. The van der Waals surface area contributed by atoms with Gasteiger partial charge in [0.15, 0.2) is 23.3 Å². The number of hydrogen-bond donors (Lipinski definition) is 1. The summed E-state index contributed by atoms with van der Waals surface area (Å²) in [5.41, 5.74) is -0.930. The number of halogens is 5. The molecule has 1 heterocycles. The first-order valence-electron chi connectivity index (χ1n) is 6.05. The van der Waals surface area contributed by atoms with Crippen LogP contribution in [0.2, 0.25) is 0 Å². The first-order valence-corrected chi connectivity index (χ1v) is 6.85. The third-order valence-corrected chi connectivity index (χ3v) is 2.99. The Hall–Kier alpha value is -1.70. The van der Waals surface area contributed by atoms with Crippen LogP contribution in [0.5, 0.6) is 0 Å². The lowest BCUT2D eigenvalue weighted by Gasteiger charge is -2.10. The fourth-order valence-corrected chi connectivity index (χ4v) is 2.10. The highest BCUT2D eigenvalue weighted by molar-refractivity contribution is 9.10. The lowest BCUT2D eigenvalue weighted by molar-refractivity contribution is 0.459. The highest BCUT2D eigenvalue weighted by Gasteiger charge is 2.19. The van der Waals surface area contributed by atoms with Gasteiger partial charge in [0, 0.05) is 18.6 Å². The van der Waals surface area contributed by atoms with Crippen molar-refractivity contribution in [2.24, 2.45) is 0 Å². The number of hydrogen-bond acceptors (Lipinski definition) is 3. The van der Waals surface area contributed by atoms with Gasteiger partial charge in [-0.25, -0.2) is 27.5 Å². The third kappa shape index (κ3) is 3.49. The fourth-order valence-electron chi connectivity index (χ4n) is 1.68. The molecule has 0 radical (unpaired) electrons. The van der Waals surface area contributed by atoms with Crippen molar-refractivity contribution < 1.29 is 17.6 Å². The molecule has 0 saturated carbocycles. The monoisotopic (exact) mass is 363 g/mol. The number of nitrogens with zero attached hydrogens (tertiary/aromatic N) is 2. The van der Waals surface area contributed by atoms with E-state index in [9.17, 15) is 17.6 Å². The van der Waals surface area contributed by atoms with E-state index in [-0.39, 0.29) is 11.9 Å². The van der Waals surface area contributed by atoms with Crippen LogP contribution in [0.15, 0.2) is 16.7 Å². The summed E-state index contributed by atoms with van der Waals surface area (Å²) in [5, 5.41) is 2.25. The van der Waals surface area contributed by atoms with Crippen LogP contribution in [0.1, 0.15) is 19.2 Å². The van der Waals surface area contributed by atoms with Crippen LogP contribution >= 0.6 is 15.9 Å². The molecule has 0 fully saturated rings. The second kappa shape index (κ2) is 6.38. The number of nitrogens with one attached hydrogen (secondary N) is 1. The van der Waals surface area contributed by atoms with Gasteiger partial charge in [0.25, 0.3) is 0 Å². The average Bonchev–Trinajstić information content (AvgIpc) is 2.41. The second-order valence-corrected chi connectivity index (χ2v) is 5.02. The molecule has 3 nitrogen and oxygen atoms in total. The lowest BCUT2D eigenvalue weighted by atomic mass is 10.2. The minimum atomic E-state index is -1.51. The average molecular weight is 364 g/mol. The van der Waals surface area contributed by atoms with Crippen molar-refractivity contribution in [2.45, 2.75) is 19.8 Å². The van der Waals surface area contributed by atoms with Crippen LogP contribution in [-0.2, 0) is 6.42 Å². The van der Waals surface area contributed by atoms with Crippen LogP contribution in [0.25, 0.3) is 0 Å². The molecule has 0 unspecified atom stereocenters. The molecule has 21 heavy (non-hydrogen) atoms. The lowest BCUT2D eigenvalue weighted by Crippen LogP contribution is -2.06. The summed E-state index contributed by atoms with van der Waals surface area (Å²) in [7, 11) is 0. The van der Waals surface area contributed by atoms with Crippen molar-refractivity contribution in [3.05, 3.63) is 45.8 Å². The number of aryl methyl sites for hydroxylation is 1. The number of aromatic nitrogens is 2. The van der Waals surface area contributed by atoms with E-state index in [1.165, 1.54) is 6.07 Å². The van der Waals surface area contributed by atoms with Crippen LogP contribution in [-0.4, -0.2) is 9.97 Å². The number of rotatable bonds is 4. The summed E-state index contributed by atoms with van der Waals surface area (Å²) < 4.78 is 53.8. The minimum Gasteiger partial charge on any atom is -0.335 e. The molecule has 0 bridgehead atoms. The van der Waals surface area contributed by atoms with Gasteiger partial charge >= 0.3 is 0 Å². The van der Waals surface area contributed by atoms with E-state index in [0.29, 0.717) is 16.8 Å². The molecular formula is C13H10BrF4N3. The van der Waals surface area contributed by atoms with Crippen LogP contribution in [0.3, 0.4) is 0 Å². The van der Waals surface area contributed by atoms with Gasteiger partial charge in [-0.2, -0.15) is 0 Å². The topological polar surface area (TPSA) is 37.8 Å². The van der Waals surface area contributed by atoms with Crippen LogP contribution in [0, 0.1) is 23.3 Å². The van der Waals surface area contributed by atoms with Gasteiger partial charge < -0.3 is 5.32 Å². The van der Waals surface area contributed by atoms with Gasteiger partial charge in [-0.15, -0.1) is 0 Å². The molecule has 1 aromatic carbocycles. The Morgan fingerprint density at radius 3 is 2.24 bits per heavy atom. The molecule has 0 aliphatic heterocycles. The van der Waals surface area contributed by atoms with Crippen LogP contribution in [0.4, 0.5) is 29.1 Å². The van der Waals surface area contributed by atoms with Gasteiger partial charge in [0.05, 0.1) is 0 Å². The normalized spacial score (nSPS) is 10.8. The maximum atomic E-state index is 13.6. The molecule has 2 rings (SSSR count). The Kier molecular flexibility index (Phi) is 4.76. The zero-order valence-corrected chi connectivity index (χ0v) is 12.4. The zero-order chi connectivity index (χ0) is 15.6. The van der Waals surface area contributed by atoms with E-state index < -0.39 is 29.0 Å². The first kappa shape index (κ1) is 15.7. The highest BCUT2D eigenvalue weighted by Crippen LogP contribution is 2.27. The predicted molar refractivity (Wildman–Crippen MR) is 73.3 cm³/mol. The van der Waals surface area contributed by atoms with Gasteiger partial charge in [-0.3, -0.25) is 0 Å². The molecule has 0 amide bonds. The van der Waals surface area contributed by atoms with Crippen molar-refractivity contribution in [1.82, 2.24) is 9.97 Å². The van der Waals surface area contributed by atoms with Gasteiger partial charge in [-0.1, -0.05) is 6.92 Å². The summed E-state index contributed by atoms with van der Waals surface area (Å²) in [6.45, 7) is 1.92. The summed E-state index contributed by atoms with van der Waals surface area (Å²) >= 11 is 3.14. The first-order chi connectivity index (χ1) is 9.92. The maximum absolute atomic E-state index is 13.6. The Morgan fingerprint density at radius 2 is 1.67 bits per heavy atom. The Morgan fingerprint density at radius 1 is 1.05 bits per heavy atom. The second-order valence-electron chi connectivity index (χ2n) is 4.21. The Balaban J connectivity index is 2.43. The van der Waals surface area contributed by atoms with E-state index in [4.69, 9.17) is 0 Å². The van der Waals surface area contributed by atoms with E-state index in [0.717, 1.165) is 6.42 Å². The number of anilines is 2. The molecule has 0 aliphatic carbocycles. The summed E-state index contributed by atoms with van der Waals surface area (Å²) in [4.78, 5) is 8.10. The molecular weight excluding hydrogens is 354 g/mol. The maximum Gasteiger partial charge on any atom is 0.185 e. The van der Waals surface area contributed by atoms with Gasteiger partial charge in [-0.05, 0) is 22.4 Å². The highest BCUT2D eigenvalue weighted by atomic mass is 79.9. The Labute approximate surface area is 126 Å². The molecule has 1 aromatic heterocycles. The summed E-state index contributed by atoms with van der Waals surface area (Å²) in [6.07, 6.45) is 1.32. The summed E-state index contributed by atoms with van der Waals surface area (Å²) in [5.74, 6) is -5.53. The van der Waals surface area contributed by atoms with Gasteiger partial charge in [0.1, 0.15) is 21.9 Å². The molecule has 0 spiro atoms. The van der Waals surface area contributed by atoms with Crippen molar-refractivity contribution in [2.75, 3.05) is 5.32 Å². The zero-order valence-electron chi connectivity index (χ0n) is 10.9. The molecule has 0 atom stereocenters. The smallest absolute Gasteiger partial charge is 0.185 e. The molecule has 112 valence electrons. The fraction of sp³-hybridized carbons (Fsp3) is 0.231. The van der Waals surface area contributed by atoms with Gasteiger partial charge in [0.2, 0.25) is 0 Å². The van der Waals surface area contributed by atoms with Crippen LogP contribution < -0.4 is 5.32 Å². The predicted octanol–water partition coefficient (Wildman–Crippen LogP) is 4.49. The van der Waals surface area contributed by atoms with E-state index >= 15 is 0 Å². The minimum absolute atomic E-state index is 0.0307. The van der Waals surface area contributed by atoms with Crippen molar-refractivity contribution in [1.29, 1.82) is 0 Å². The molecule has 1 N–H and O–H groups in total. The summed E-state index contributed by atoms with van der Waals surface area (Å²) in [6, 6.07) is 1.50.